The van der Waals surface area contributed by atoms with E-state index in [4.69, 9.17) is 4.74 Å². The van der Waals surface area contributed by atoms with Gasteiger partial charge in [0.15, 0.2) is 0 Å². The van der Waals surface area contributed by atoms with Crippen LogP contribution in [0.15, 0.2) is 30.3 Å². The predicted molar refractivity (Wildman–Crippen MR) is 105 cm³/mol. The molecule has 1 atom stereocenters. The molecule has 0 spiro atoms. The van der Waals surface area contributed by atoms with Crippen molar-refractivity contribution in [1.82, 2.24) is 0 Å². The van der Waals surface area contributed by atoms with Crippen molar-refractivity contribution in [3.63, 3.8) is 0 Å². The highest BCUT2D eigenvalue weighted by Gasteiger charge is 2.41. The van der Waals surface area contributed by atoms with E-state index in [2.05, 4.69) is 0 Å². The van der Waals surface area contributed by atoms with Crippen molar-refractivity contribution in [3.8, 4) is 0 Å². The number of hydrogen-bond acceptors (Lipinski definition) is 2. The van der Waals surface area contributed by atoms with Gasteiger partial charge in [0.25, 0.3) is 0 Å². The van der Waals surface area contributed by atoms with Crippen molar-refractivity contribution < 1.29 is 9.84 Å². The van der Waals surface area contributed by atoms with Gasteiger partial charge in [0.05, 0.1) is 18.3 Å². The average molecular weight is 327 g/mol. The summed E-state index contributed by atoms with van der Waals surface area (Å²) in [6.45, 7) is 22.5. The second-order valence-electron chi connectivity index (χ2n) is 5.68. The van der Waals surface area contributed by atoms with Gasteiger partial charge in [-0.3, -0.25) is 0 Å². The average Bonchev–Trinajstić information content (AvgIpc) is 2.59. The fourth-order valence-corrected chi connectivity index (χ4v) is 1.53. The Kier molecular flexibility index (Phi) is 17.3. The lowest BCUT2D eigenvalue weighted by Crippen LogP contribution is -2.48. The highest BCUT2D eigenvalue weighted by Crippen LogP contribution is 2.37. The normalized spacial score (nSPS) is 11.7. The monoisotopic (exact) mass is 326 g/mol. The third-order valence-electron chi connectivity index (χ3n) is 4.04. The summed E-state index contributed by atoms with van der Waals surface area (Å²) in [4.78, 5) is 0. The number of aliphatic hydroxyl groups excluding tert-OH is 1. The van der Waals surface area contributed by atoms with Gasteiger partial charge in [-0.05, 0) is 26.3 Å². The van der Waals surface area contributed by atoms with E-state index in [1.807, 2.05) is 106 Å². The Morgan fingerprint density at radius 2 is 1.26 bits per heavy atom. The van der Waals surface area contributed by atoms with Crippen molar-refractivity contribution in [3.05, 3.63) is 35.9 Å². The second-order valence-corrected chi connectivity index (χ2v) is 5.68. The first kappa shape index (κ1) is 27.0. The first-order valence-electron chi connectivity index (χ1n) is 9.13. The minimum atomic E-state index is -0.409. The maximum Gasteiger partial charge on any atom is 0.0724 e. The molecule has 2 nitrogen and oxygen atoms in total. The molecular weight excluding hydrogens is 284 g/mol. The van der Waals surface area contributed by atoms with Gasteiger partial charge in [-0.2, -0.15) is 0 Å². The van der Waals surface area contributed by atoms with E-state index in [0.717, 1.165) is 5.56 Å². The number of ether oxygens (including phenoxy) is 1. The summed E-state index contributed by atoms with van der Waals surface area (Å²) in [5.41, 5.74) is 0.487. The Hall–Kier alpha value is -0.860. The third-order valence-corrected chi connectivity index (χ3v) is 4.04. The third kappa shape index (κ3) is 9.78. The molecule has 1 aromatic carbocycles. The molecule has 0 aliphatic rings. The van der Waals surface area contributed by atoms with Gasteiger partial charge in [0, 0.05) is 5.41 Å². The smallest absolute Gasteiger partial charge is 0.0724 e. The summed E-state index contributed by atoms with van der Waals surface area (Å²) in [6, 6.07) is 10.1. The van der Waals surface area contributed by atoms with Crippen molar-refractivity contribution in [1.29, 1.82) is 0 Å². The number of rotatable bonds is 5. The van der Waals surface area contributed by atoms with Crippen LogP contribution in [0.3, 0.4) is 0 Å². The molecule has 0 bridgehead atoms. The first-order chi connectivity index (χ1) is 10.8. The van der Waals surface area contributed by atoms with Crippen LogP contribution in [0.5, 0.6) is 0 Å². The maximum absolute atomic E-state index is 9.83. The number of aliphatic hydroxyl groups is 1. The van der Waals surface area contributed by atoms with Gasteiger partial charge in [-0.1, -0.05) is 85.7 Å². The van der Waals surface area contributed by atoms with Crippen LogP contribution < -0.4 is 0 Å². The highest BCUT2D eigenvalue weighted by atomic mass is 16.5. The van der Waals surface area contributed by atoms with Crippen molar-refractivity contribution in [2.45, 2.75) is 94.5 Å². The summed E-state index contributed by atoms with van der Waals surface area (Å²) in [5.74, 6) is 0. The molecule has 1 unspecified atom stereocenters. The molecule has 0 aromatic heterocycles. The molecule has 23 heavy (non-hydrogen) atoms. The molecule has 0 saturated carbocycles. The van der Waals surface area contributed by atoms with Gasteiger partial charge in [0.2, 0.25) is 0 Å². The minimum Gasteiger partial charge on any atom is -0.393 e. The largest absolute Gasteiger partial charge is 0.393 e. The van der Waals surface area contributed by atoms with Crippen LogP contribution in [-0.2, 0) is 11.3 Å². The SMILES string of the molecule is CC.CC.CC.CC(O)C(C)(C)C(C)(C)OCc1ccccc1. The zero-order valence-corrected chi connectivity index (χ0v) is 17.5. The quantitative estimate of drug-likeness (QED) is 0.672. The fraction of sp³-hybridized carbons (Fsp3) is 0.714. The summed E-state index contributed by atoms with van der Waals surface area (Å²) in [5, 5.41) is 9.83. The molecular formula is C21H42O2. The fourth-order valence-electron chi connectivity index (χ4n) is 1.53. The summed E-state index contributed by atoms with van der Waals surface area (Å²) in [6.07, 6.45) is -0.409. The first-order valence-corrected chi connectivity index (χ1v) is 9.13. The van der Waals surface area contributed by atoms with Crippen LogP contribution in [-0.4, -0.2) is 16.8 Å². The molecule has 0 radical (unpaired) electrons. The van der Waals surface area contributed by atoms with E-state index < -0.39 is 6.10 Å². The van der Waals surface area contributed by atoms with Crippen LogP contribution in [0, 0.1) is 5.41 Å². The molecule has 1 rings (SSSR count). The topological polar surface area (TPSA) is 29.5 Å². The van der Waals surface area contributed by atoms with E-state index in [0.29, 0.717) is 6.61 Å². The molecule has 0 fully saturated rings. The van der Waals surface area contributed by atoms with Crippen LogP contribution in [0.2, 0.25) is 0 Å². The lowest BCUT2D eigenvalue weighted by Gasteiger charge is -2.43. The van der Waals surface area contributed by atoms with Crippen LogP contribution >= 0.6 is 0 Å². The summed E-state index contributed by atoms with van der Waals surface area (Å²) < 4.78 is 5.98. The van der Waals surface area contributed by atoms with E-state index in [9.17, 15) is 5.11 Å². The zero-order valence-electron chi connectivity index (χ0n) is 17.5. The van der Waals surface area contributed by atoms with Gasteiger partial charge >= 0.3 is 0 Å². The molecule has 0 saturated heterocycles. The van der Waals surface area contributed by atoms with Gasteiger partial charge in [-0.15, -0.1) is 0 Å². The molecule has 1 N–H and O–H groups in total. The predicted octanol–water partition coefficient (Wildman–Crippen LogP) is 6.47. The molecule has 1 aromatic rings. The molecule has 0 heterocycles. The van der Waals surface area contributed by atoms with Crippen LogP contribution in [0.4, 0.5) is 0 Å². The number of hydrogen-bond donors (Lipinski definition) is 1. The second kappa shape index (κ2) is 14.7. The van der Waals surface area contributed by atoms with Gasteiger partial charge in [-0.25, -0.2) is 0 Å². The molecule has 0 amide bonds. The highest BCUT2D eigenvalue weighted by molar-refractivity contribution is 5.13. The van der Waals surface area contributed by atoms with Crippen molar-refractivity contribution in [2.24, 2.45) is 5.41 Å². The van der Waals surface area contributed by atoms with Crippen LogP contribution in [0.25, 0.3) is 0 Å². The molecule has 138 valence electrons. The van der Waals surface area contributed by atoms with E-state index in [1.54, 1.807) is 0 Å². The van der Waals surface area contributed by atoms with Crippen LogP contribution in [0.1, 0.15) is 81.7 Å². The Morgan fingerprint density at radius 3 is 1.61 bits per heavy atom. The molecule has 0 aliphatic carbocycles. The lowest BCUT2D eigenvalue weighted by molar-refractivity contribution is -0.145. The van der Waals surface area contributed by atoms with Crippen molar-refractivity contribution >= 4 is 0 Å². The Labute approximate surface area is 146 Å². The van der Waals surface area contributed by atoms with E-state index in [1.165, 1.54) is 0 Å². The van der Waals surface area contributed by atoms with Crippen molar-refractivity contribution in [2.75, 3.05) is 0 Å². The minimum absolute atomic E-state index is 0.290. The lowest BCUT2D eigenvalue weighted by atomic mass is 9.73. The van der Waals surface area contributed by atoms with Gasteiger partial charge < -0.3 is 9.84 Å². The Bertz CT molecular complexity index is 340. The Morgan fingerprint density at radius 1 is 0.870 bits per heavy atom. The Balaban J connectivity index is -0.000000595. The zero-order chi connectivity index (χ0) is 19.1. The summed E-state index contributed by atoms with van der Waals surface area (Å²) in [7, 11) is 0. The van der Waals surface area contributed by atoms with Gasteiger partial charge in [0.1, 0.15) is 0 Å². The van der Waals surface area contributed by atoms with E-state index in [-0.39, 0.29) is 11.0 Å². The van der Waals surface area contributed by atoms with E-state index >= 15 is 0 Å². The molecule has 2 heteroatoms. The maximum atomic E-state index is 9.83. The molecule has 0 aliphatic heterocycles. The standard InChI is InChI=1S/C15H24O2.3C2H6/c1-12(16)14(2,3)15(4,5)17-11-13-9-7-6-8-10-13;3*1-2/h6-10,12,16H,11H2,1-5H3;3*1-2H3. The summed E-state index contributed by atoms with van der Waals surface area (Å²) >= 11 is 0. The number of benzene rings is 1.